The fourth-order valence-electron chi connectivity index (χ4n) is 1.97. The molecule has 0 radical (unpaired) electrons. The summed E-state index contributed by atoms with van der Waals surface area (Å²) in [6.45, 7) is 0. The van der Waals surface area contributed by atoms with Gasteiger partial charge in [0.15, 0.2) is 0 Å². The van der Waals surface area contributed by atoms with Gasteiger partial charge in [-0.05, 0) is 47.5 Å². The highest BCUT2D eigenvalue weighted by atomic mass is 35.5. The lowest BCUT2D eigenvalue weighted by Gasteiger charge is -2.09. The minimum absolute atomic E-state index is 0.108. The lowest BCUT2D eigenvalue weighted by Crippen LogP contribution is -2.05. The number of carbonyl (C=O) groups is 3. The minimum atomic E-state index is -1.32. The average molecular weight is 321 g/mol. The smallest absolute Gasteiger partial charge is 0.336 e. The summed E-state index contributed by atoms with van der Waals surface area (Å²) in [5.74, 6) is -3.87. The highest BCUT2D eigenvalue weighted by molar-refractivity contribution is 6.31. The van der Waals surface area contributed by atoms with Gasteiger partial charge in [0.05, 0.1) is 16.7 Å². The van der Waals surface area contributed by atoms with E-state index in [9.17, 15) is 19.5 Å². The van der Waals surface area contributed by atoms with Crippen LogP contribution >= 0.6 is 11.6 Å². The van der Waals surface area contributed by atoms with Gasteiger partial charge in [0.2, 0.25) is 0 Å². The second-order valence-electron chi connectivity index (χ2n) is 4.40. The topological polar surface area (TPSA) is 112 Å². The molecule has 0 aromatic heterocycles. The molecule has 0 spiro atoms. The molecule has 0 aliphatic heterocycles. The van der Waals surface area contributed by atoms with Gasteiger partial charge in [0.1, 0.15) is 0 Å². The number of carboxylic acid groups (broad SMARTS) is 3. The summed E-state index contributed by atoms with van der Waals surface area (Å²) in [6, 6.07) is 7.40. The molecule has 0 bridgehead atoms. The maximum absolute atomic E-state index is 11.3. The monoisotopic (exact) mass is 320 g/mol. The third kappa shape index (κ3) is 3.07. The van der Waals surface area contributed by atoms with Crippen LogP contribution in [0.15, 0.2) is 36.4 Å². The van der Waals surface area contributed by atoms with Crippen LogP contribution in [0, 0.1) is 0 Å². The van der Waals surface area contributed by atoms with Crippen LogP contribution in [0.25, 0.3) is 11.1 Å². The van der Waals surface area contributed by atoms with E-state index in [0.29, 0.717) is 0 Å². The van der Waals surface area contributed by atoms with Gasteiger partial charge in [0.25, 0.3) is 0 Å². The lowest BCUT2D eigenvalue weighted by atomic mass is 9.96. The van der Waals surface area contributed by atoms with E-state index >= 15 is 0 Å². The Bertz CT molecular complexity index is 764. The Morgan fingerprint density at radius 2 is 1.32 bits per heavy atom. The summed E-state index contributed by atoms with van der Waals surface area (Å²) in [6.07, 6.45) is 0. The van der Waals surface area contributed by atoms with Crippen molar-refractivity contribution in [2.24, 2.45) is 0 Å². The molecule has 6 nitrogen and oxygen atoms in total. The van der Waals surface area contributed by atoms with Crippen molar-refractivity contribution in [1.29, 1.82) is 0 Å². The fraction of sp³-hybridized carbons (Fsp3) is 0. The summed E-state index contributed by atoms with van der Waals surface area (Å²) >= 11 is 5.85. The molecule has 0 saturated carbocycles. The first-order chi connectivity index (χ1) is 10.3. The van der Waals surface area contributed by atoms with Gasteiger partial charge in [-0.25, -0.2) is 14.4 Å². The van der Waals surface area contributed by atoms with Crippen molar-refractivity contribution >= 4 is 29.5 Å². The maximum Gasteiger partial charge on any atom is 0.336 e. The van der Waals surface area contributed by atoms with Gasteiger partial charge < -0.3 is 15.3 Å². The zero-order valence-electron chi connectivity index (χ0n) is 10.9. The van der Waals surface area contributed by atoms with Crippen molar-refractivity contribution in [1.82, 2.24) is 0 Å². The first kappa shape index (κ1) is 15.5. The Balaban J connectivity index is 2.76. The predicted octanol–water partition coefficient (Wildman–Crippen LogP) is 3.10. The SMILES string of the molecule is O=C(O)c1cc(C(=O)O)cc(-c2cc(Cl)ccc2C(=O)O)c1. The molecule has 0 atom stereocenters. The lowest BCUT2D eigenvalue weighted by molar-refractivity contribution is 0.0683. The van der Waals surface area contributed by atoms with Crippen molar-refractivity contribution in [3.05, 3.63) is 58.1 Å². The van der Waals surface area contributed by atoms with Crippen LogP contribution in [-0.4, -0.2) is 33.2 Å². The number of aromatic carboxylic acids is 3. The molecule has 7 heteroatoms. The van der Waals surface area contributed by atoms with Crippen LogP contribution in [0.1, 0.15) is 31.1 Å². The molecule has 0 fully saturated rings. The van der Waals surface area contributed by atoms with Crippen molar-refractivity contribution < 1.29 is 29.7 Å². The molecule has 0 saturated heterocycles. The van der Waals surface area contributed by atoms with Crippen LogP contribution in [0.3, 0.4) is 0 Å². The molecule has 0 amide bonds. The number of hydrogen-bond acceptors (Lipinski definition) is 3. The molecule has 112 valence electrons. The molecular formula is C15H9ClO6. The van der Waals surface area contributed by atoms with Crippen LogP contribution < -0.4 is 0 Å². The van der Waals surface area contributed by atoms with E-state index in [1.54, 1.807) is 0 Å². The molecule has 0 aliphatic carbocycles. The highest BCUT2D eigenvalue weighted by Gasteiger charge is 2.17. The van der Waals surface area contributed by atoms with Crippen molar-refractivity contribution in [2.75, 3.05) is 0 Å². The predicted molar refractivity (Wildman–Crippen MR) is 77.8 cm³/mol. The summed E-state index contributed by atoms with van der Waals surface area (Å²) < 4.78 is 0. The van der Waals surface area contributed by atoms with Gasteiger partial charge in [-0.15, -0.1) is 0 Å². The van der Waals surface area contributed by atoms with Crippen molar-refractivity contribution in [3.63, 3.8) is 0 Å². The Kier molecular flexibility index (Phi) is 4.14. The second-order valence-corrected chi connectivity index (χ2v) is 4.84. The zero-order chi connectivity index (χ0) is 16.4. The normalized spacial score (nSPS) is 10.2. The van der Waals surface area contributed by atoms with Gasteiger partial charge in [-0.2, -0.15) is 0 Å². The second kappa shape index (κ2) is 5.87. The molecule has 2 rings (SSSR count). The maximum atomic E-state index is 11.3. The molecule has 0 heterocycles. The Morgan fingerprint density at radius 1 is 0.773 bits per heavy atom. The molecule has 0 unspecified atom stereocenters. The van der Waals surface area contributed by atoms with Crippen molar-refractivity contribution in [3.8, 4) is 11.1 Å². The average Bonchev–Trinajstić information content (AvgIpc) is 2.46. The number of rotatable bonds is 4. The molecule has 2 aromatic rings. The summed E-state index contributed by atoms with van der Waals surface area (Å²) in [5.41, 5.74) is -0.330. The van der Waals surface area contributed by atoms with Gasteiger partial charge in [-0.3, -0.25) is 0 Å². The fourth-order valence-corrected chi connectivity index (χ4v) is 2.14. The summed E-state index contributed by atoms with van der Waals surface area (Å²) in [5, 5.41) is 27.6. The molecule has 22 heavy (non-hydrogen) atoms. The highest BCUT2D eigenvalue weighted by Crippen LogP contribution is 2.29. The van der Waals surface area contributed by atoms with Crippen LogP contribution in [-0.2, 0) is 0 Å². The number of benzene rings is 2. The zero-order valence-corrected chi connectivity index (χ0v) is 11.7. The largest absolute Gasteiger partial charge is 0.478 e. The number of carboxylic acids is 3. The van der Waals surface area contributed by atoms with Crippen LogP contribution in [0.4, 0.5) is 0 Å². The summed E-state index contributed by atoms with van der Waals surface area (Å²) in [4.78, 5) is 33.5. The quantitative estimate of drug-likeness (QED) is 0.798. The third-order valence-corrected chi connectivity index (χ3v) is 3.19. The summed E-state index contributed by atoms with van der Waals surface area (Å²) in [7, 11) is 0. The third-order valence-electron chi connectivity index (χ3n) is 2.95. The van der Waals surface area contributed by atoms with Gasteiger partial charge in [-0.1, -0.05) is 11.6 Å². The van der Waals surface area contributed by atoms with Gasteiger partial charge in [0, 0.05) is 5.02 Å². The Morgan fingerprint density at radius 3 is 1.77 bits per heavy atom. The van der Waals surface area contributed by atoms with Crippen molar-refractivity contribution in [2.45, 2.75) is 0 Å². The van der Waals surface area contributed by atoms with E-state index in [0.717, 1.165) is 6.07 Å². The molecule has 2 aromatic carbocycles. The molecule has 3 N–H and O–H groups in total. The molecule has 0 aliphatic rings. The Labute approximate surface area is 129 Å². The first-order valence-corrected chi connectivity index (χ1v) is 6.32. The first-order valence-electron chi connectivity index (χ1n) is 5.94. The number of halogens is 1. The standard InChI is InChI=1S/C15H9ClO6/c16-10-1-2-11(15(21)22)12(6-10)7-3-8(13(17)18)5-9(4-7)14(19)20/h1-6H,(H,17,18)(H,19,20)(H,21,22). The van der Waals surface area contributed by atoms with Crippen LogP contribution in [0.2, 0.25) is 5.02 Å². The number of hydrogen-bond donors (Lipinski definition) is 3. The van der Waals surface area contributed by atoms with E-state index in [1.807, 2.05) is 0 Å². The van der Waals surface area contributed by atoms with E-state index in [1.165, 1.54) is 30.3 Å². The molecular weight excluding hydrogens is 312 g/mol. The van der Waals surface area contributed by atoms with E-state index < -0.39 is 17.9 Å². The van der Waals surface area contributed by atoms with Gasteiger partial charge >= 0.3 is 17.9 Å². The minimum Gasteiger partial charge on any atom is -0.478 e. The Hall–Kier alpha value is -2.86. The van der Waals surface area contributed by atoms with Crippen LogP contribution in [0.5, 0.6) is 0 Å². The van der Waals surface area contributed by atoms with E-state index in [-0.39, 0.29) is 32.8 Å². The van der Waals surface area contributed by atoms with E-state index in [2.05, 4.69) is 0 Å². The van der Waals surface area contributed by atoms with E-state index in [4.69, 9.17) is 21.8 Å².